The van der Waals surface area contributed by atoms with E-state index >= 15 is 0 Å². The molecule has 0 radical (unpaired) electrons. The molecule has 3 aromatic rings. The van der Waals surface area contributed by atoms with Crippen molar-refractivity contribution in [3.8, 4) is 5.75 Å². The first-order valence-corrected chi connectivity index (χ1v) is 9.70. The molecule has 25 heavy (non-hydrogen) atoms. The quantitative estimate of drug-likeness (QED) is 0.513. The Hall–Kier alpha value is -1.92. The lowest BCUT2D eigenvalue weighted by atomic mass is 10.3. The fourth-order valence-corrected chi connectivity index (χ4v) is 3.86. The van der Waals surface area contributed by atoms with E-state index in [0.29, 0.717) is 26.0 Å². The van der Waals surface area contributed by atoms with E-state index in [9.17, 15) is 4.79 Å². The molecule has 0 saturated heterocycles. The summed E-state index contributed by atoms with van der Waals surface area (Å²) in [6.07, 6.45) is 1.15. The predicted molar refractivity (Wildman–Crippen MR) is 105 cm³/mol. The third kappa shape index (κ3) is 4.80. The summed E-state index contributed by atoms with van der Waals surface area (Å²) in [5.74, 6) is 0.910. The lowest BCUT2D eigenvalue weighted by Gasteiger charge is -2.15. The molecule has 0 aliphatic rings. The first-order chi connectivity index (χ1) is 12.1. The van der Waals surface area contributed by atoms with Crippen molar-refractivity contribution < 1.29 is 9.53 Å². The van der Waals surface area contributed by atoms with Gasteiger partial charge in [-0.25, -0.2) is 4.98 Å². The number of halogens is 1. The van der Waals surface area contributed by atoms with E-state index in [1.54, 1.807) is 16.2 Å². The second-order valence-electron chi connectivity index (χ2n) is 5.71. The number of carbonyl (C=O) groups is 1. The molecule has 0 N–H and O–H groups in total. The van der Waals surface area contributed by atoms with E-state index in [2.05, 4.69) is 27.0 Å². The zero-order valence-corrected chi connectivity index (χ0v) is 16.3. The summed E-state index contributed by atoms with van der Waals surface area (Å²) >= 11 is 5.08. The summed E-state index contributed by atoms with van der Waals surface area (Å²) in [6.45, 7) is 1.06. The van der Waals surface area contributed by atoms with Crippen molar-refractivity contribution in [3.05, 3.63) is 58.0 Å². The molecule has 130 valence electrons. The minimum Gasteiger partial charge on any atom is -0.492 e. The third-order valence-electron chi connectivity index (χ3n) is 3.77. The molecule has 6 heteroatoms. The second-order valence-corrected chi connectivity index (χ2v) is 7.68. The summed E-state index contributed by atoms with van der Waals surface area (Å²) in [4.78, 5) is 18.6. The molecule has 0 fully saturated rings. The summed E-state index contributed by atoms with van der Waals surface area (Å²) < 4.78 is 7.78. The number of amides is 1. The number of para-hydroxylation sites is 2. The summed E-state index contributed by atoms with van der Waals surface area (Å²) in [5.41, 5.74) is 0.991. The van der Waals surface area contributed by atoms with Crippen molar-refractivity contribution >= 4 is 43.4 Å². The molecular weight excluding hydrogens is 400 g/mol. The highest BCUT2D eigenvalue weighted by Crippen LogP contribution is 2.24. The van der Waals surface area contributed by atoms with E-state index in [4.69, 9.17) is 4.74 Å². The van der Waals surface area contributed by atoms with Gasteiger partial charge in [0.15, 0.2) is 0 Å². The molecule has 0 spiro atoms. The van der Waals surface area contributed by atoms with Gasteiger partial charge >= 0.3 is 0 Å². The van der Waals surface area contributed by atoms with Crippen LogP contribution in [0.2, 0.25) is 0 Å². The van der Waals surface area contributed by atoms with Crippen LogP contribution in [0.4, 0.5) is 0 Å². The maximum atomic E-state index is 12.3. The standard InChI is InChI=1S/C19H19BrN2O2S/c1-22(13-18-21-15-8-3-5-10-17(15)25-18)19(23)11-6-12-24-16-9-4-2-7-14(16)20/h2-5,7-10H,6,11-13H2,1H3. The van der Waals surface area contributed by atoms with Gasteiger partial charge in [-0.1, -0.05) is 24.3 Å². The highest BCUT2D eigenvalue weighted by molar-refractivity contribution is 9.10. The Labute approximate surface area is 159 Å². The molecule has 0 atom stereocenters. The smallest absolute Gasteiger partial charge is 0.222 e. The molecular formula is C19H19BrN2O2S. The topological polar surface area (TPSA) is 42.4 Å². The van der Waals surface area contributed by atoms with Gasteiger partial charge in [0.05, 0.1) is 27.8 Å². The summed E-state index contributed by atoms with van der Waals surface area (Å²) in [5, 5.41) is 0.960. The van der Waals surface area contributed by atoms with Gasteiger partial charge in [0, 0.05) is 13.5 Å². The summed E-state index contributed by atoms with van der Waals surface area (Å²) in [7, 11) is 1.82. The van der Waals surface area contributed by atoms with Gasteiger partial charge in [-0.05, 0) is 46.6 Å². The minimum absolute atomic E-state index is 0.106. The van der Waals surface area contributed by atoms with E-state index in [1.807, 2.05) is 49.5 Å². The zero-order valence-electron chi connectivity index (χ0n) is 13.9. The van der Waals surface area contributed by atoms with Crippen LogP contribution in [0, 0.1) is 0 Å². The van der Waals surface area contributed by atoms with Gasteiger partial charge in [-0.15, -0.1) is 11.3 Å². The molecule has 0 bridgehead atoms. The fraction of sp³-hybridized carbons (Fsp3) is 0.263. The van der Waals surface area contributed by atoms with Gasteiger partial charge < -0.3 is 9.64 Å². The molecule has 1 amide bonds. The van der Waals surface area contributed by atoms with Crippen LogP contribution in [0.5, 0.6) is 5.75 Å². The van der Waals surface area contributed by atoms with Crippen LogP contribution in [0.3, 0.4) is 0 Å². The van der Waals surface area contributed by atoms with Crippen LogP contribution >= 0.6 is 27.3 Å². The van der Waals surface area contributed by atoms with Gasteiger partial charge in [0.1, 0.15) is 10.8 Å². The minimum atomic E-state index is 0.106. The fourth-order valence-electron chi connectivity index (χ4n) is 2.44. The van der Waals surface area contributed by atoms with Crippen molar-refractivity contribution in [1.82, 2.24) is 9.88 Å². The van der Waals surface area contributed by atoms with Crippen LogP contribution in [0.15, 0.2) is 53.0 Å². The molecule has 0 saturated carbocycles. The normalized spacial score (nSPS) is 10.8. The van der Waals surface area contributed by atoms with E-state index in [-0.39, 0.29) is 5.91 Å². The Morgan fingerprint density at radius 1 is 1.20 bits per heavy atom. The lowest BCUT2D eigenvalue weighted by molar-refractivity contribution is -0.130. The Kier molecular flexibility index (Phi) is 6.04. The predicted octanol–water partition coefficient (Wildman–Crippen LogP) is 4.88. The maximum Gasteiger partial charge on any atom is 0.222 e. The molecule has 3 rings (SSSR count). The molecule has 1 heterocycles. The average Bonchev–Trinajstić information content (AvgIpc) is 3.02. The maximum absolute atomic E-state index is 12.3. The number of hydrogen-bond donors (Lipinski definition) is 0. The first kappa shape index (κ1) is 17.9. The SMILES string of the molecule is CN(Cc1nc2ccccc2s1)C(=O)CCCOc1ccccc1Br. The number of carbonyl (C=O) groups excluding carboxylic acids is 1. The highest BCUT2D eigenvalue weighted by atomic mass is 79.9. The molecule has 0 aliphatic carbocycles. The highest BCUT2D eigenvalue weighted by Gasteiger charge is 2.12. The number of ether oxygens (including phenoxy) is 1. The van der Waals surface area contributed by atoms with Crippen molar-refractivity contribution in [1.29, 1.82) is 0 Å². The van der Waals surface area contributed by atoms with Gasteiger partial charge in [-0.2, -0.15) is 0 Å². The lowest BCUT2D eigenvalue weighted by Crippen LogP contribution is -2.26. The van der Waals surface area contributed by atoms with Crippen molar-refractivity contribution in [2.45, 2.75) is 19.4 Å². The van der Waals surface area contributed by atoms with Gasteiger partial charge in [0.25, 0.3) is 0 Å². The first-order valence-electron chi connectivity index (χ1n) is 8.09. The molecule has 0 aliphatic heterocycles. The van der Waals surface area contributed by atoms with Crippen LogP contribution < -0.4 is 4.74 Å². The second kappa shape index (κ2) is 8.45. The van der Waals surface area contributed by atoms with E-state index in [1.165, 1.54) is 0 Å². The van der Waals surface area contributed by atoms with Crippen molar-refractivity contribution in [2.75, 3.05) is 13.7 Å². The number of rotatable bonds is 7. The Balaban J connectivity index is 1.45. The Morgan fingerprint density at radius 2 is 1.96 bits per heavy atom. The monoisotopic (exact) mass is 418 g/mol. The van der Waals surface area contributed by atoms with E-state index < -0.39 is 0 Å². The van der Waals surface area contributed by atoms with Crippen LogP contribution in [0.25, 0.3) is 10.2 Å². The largest absolute Gasteiger partial charge is 0.492 e. The van der Waals surface area contributed by atoms with Gasteiger partial charge in [-0.3, -0.25) is 4.79 Å². The number of nitrogens with zero attached hydrogens (tertiary/aromatic N) is 2. The number of thiazole rings is 1. The van der Waals surface area contributed by atoms with Crippen LogP contribution in [-0.2, 0) is 11.3 Å². The number of fused-ring (bicyclic) bond motifs is 1. The number of benzene rings is 2. The Morgan fingerprint density at radius 3 is 2.76 bits per heavy atom. The number of aromatic nitrogens is 1. The average molecular weight is 419 g/mol. The molecule has 0 unspecified atom stereocenters. The van der Waals surface area contributed by atoms with E-state index in [0.717, 1.165) is 25.4 Å². The molecule has 2 aromatic carbocycles. The van der Waals surface area contributed by atoms with Gasteiger partial charge in [0.2, 0.25) is 5.91 Å². The van der Waals surface area contributed by atoms with Crippen molar-refractivity contribution in [3.63, 3.8) is 0 Å². The Bertz CT molecular complexity index is 832. The van der Waals surface area contributed by atoms with Crippen LogP contribution in [-0.4, -0.2) is 29.4 Å². The summed E-state index contributed by atoms with van der Waals surface area (Å²) in [6, 6.07) is 15.7. The van der Waals surface area contributed by atoms with Crippen molar-refractivity contribution in [2.24, 2.45) is 0 Å². The number of hydrogen-bond acceptors (Lipinski definition) is 4. The van der Waals surface area contributed by atoms with Crippen LogP contribution in [0.1, 0.15) is 17.8 Å². The zero-order chi connectivity index (χ0) is 17.6. The third-order valence-corrected chi connectivity index (χ3v) is 5.44. The molecule has 4 nitrogen and oxygen atoms in total. The molecule has 1 aromatic heterocycles.